The Hall–Kier alpha value is -1.13. The van der Waals surface area contributed by atoms with Crippen molar-refractivity contribution >= 4 is 5.97 Å². The fourth-order valence-corrected chi connectivity index (χ4v) is 2.29. The van der Waals surface area contributed by atoms with Crippen molar-refractivity contribution in [1.29, 1.82) is 0 Å². The predicted molar refractivity (Wildman–Crippen MR) is 49.6 cm³/mol. The van der Waals surface area contributed by atoms with E-state index in [-0.39, 0.29) is 17.9 Å². The Labute approximate surface area is 82.3 Å². The van der Waals surface area contributed by atoms with Crippen molar-refractivity contribution in [2.75, 3.05) is 6.54 Å². The summed E-state index contributed by atoms with van der Waals surface area (Å²) < 4.78 is 0. The Morgan fingerprint density at radius 1 is 1.36 bits per heavy atom. The molecule has 0 radical (unpaired) electrons. The van der Waals surface area contributed by atoms with Gasteiger partial charge in [-0.15, -0.1) is 0 Å². The third-order valence-corrected chi connectivity index (χ3v) is 2.90. The van der Waals surface area contributed by atoms with Crippen molar-refractivity contribution in [2.45, 2.75) is 38.5 Å². The summed E-state index contributed by atoms with van der Waals surface area (Å²) >= 11 is 0. The van der Waals surface area contributed by atoms with E-state index in [4.69, 9.17) is 5.11 Å². The van der Waals surface area contributed by atoms with Gasteiger partial charge in [-0.1, -0.05) is 19.3 Å². The molecule has 0 spiro atoms. The van der Waals surface area contributed by atoms with E-state index >= 15 is 0 Å². The van der Waals surface area contributed by atoms with Gasteiger partial charge in [-0.05, 0) is 12.8 Å². The van der Waals surface area contributed by atoms with Crippen molar-refractivity contribution in [2.24, 2.45) is 5.41 Å². The van der Waals surface area contributed by atoms with Gasteiger partial charge in [0.25, 0.3) is 0 Å². The van der Waals surface area contributed by atoms with Gasteiger partial charge in [-0.3, -0.25) is 14.9 Å². The van der Waals surface area contributed by atoms with Gasteiger partial charge in [0.1, 0.15) is 0 Å². The monoisotopic (exact) mass is 201 g/mol. The summed E-state index contributed by atoms with van der Waals surface area (Å²) in [5, 5.41) is 19.2. The van der Waals surface area contributed by atoms with Crippen LogP contribution in [0.15, 0.2) is 0 Å². The number of carboxylic acids is 1. The minimum Gasteiger partial charge on any atom is -0.481 e. The van der Waals surface area contributed by atoms with Crippen LogP contribution in [0.1, 0.15) is 38.5 Å². The first kappa shape index (κ1) is 10.9. The van der Waals surface area contributed by atoms with E-state index in [1.165, 1.54) is 0 Å². The minimum atomic E-state index is -0.922. The van der Waals surface area contributed by atoms with E-state index in [9.17, 15) is 14.9 Å². The molecular formula is C9H15NO4. The highest BCUT2D eigenvalue weighted by Gasteiger charge is 2.39. The maximum atomic E-state index is 10.6. The minimum absolute atomic E-state index is 0.0615. The molecule has 0 heterocycles. The molecule has 1 fully saturated rings. The van der Waals surface area contributed by atoms with E-state index < -0.39 is 11.4 Å². The molecule has 1 N–H and O–H groups in total. The summed E-state index contributed by atoms with van der Waals surface area (Å²) in [6, 6.07) is 0. The second kappa shape index (κ2) is 4.39. The maximum Gasteiger partial charge on any atom is 0.304 e. The molecule has 80 valence electrons. The average Bonchev–Trinajstić information content (AvgIpc) is 2.01. The molecule has 0 aromatic rings. The summed E-state index contributed by atoms with van der Waals surface area (Å²) in [6.45, 7) is -0.195. The topological polar surface area (TPSA) is 80.4 Å². The molecule has 0 bridgehead atoms. The number of carbonyl (C=O) groups is 1. The Balaban J connectivity index is 2.66. The first-order valence-corrected chi connectivity index (χ1v) is 4.88. The molecule has 0 aliphatic heterocycles. The van der Waals surface area contributed by atoms with Crippen LogP contribution in [0, 0.1) is 15.5 Å². The normalized spacial score (nSPS) is 20.3. The van der Waals surface area contributed by atoms with Crippen LogP contribution in [0.2, 0.25) is 0 Å². The summed E-state index contributed by atoms with van der Waals surface area (Å²) in [5.74, 6) is -0.922. The first-order valence-electron chi connectivity index (χ1n) is 4.88. The summed E-state index contributed by atoms with van der Waals surface area (Å²) in [4.78, 5) is 20.7. The van der Waals surface area contributed by atoms with Crippen molar-refractivity contribution in [3.05, 3.63) is 10.1 Å². The molecule has 1 aliphatic rings. The molecule has 0 saturated heterocycles. The van der Waals surface area contributed by atoms with Gasteiger partial charge in [0.15, 0.2) is 0 Å². The second-order valence-corrected chi connectivity index (χ2v) is 4.12. The Bertz CT molecular complexity index is 215. The number of rotatable bonds is 4. The second-order valence-electron chi connectivity index (χ2n) is 4.12. The molecule has 5 nitrogen and oxygen atoms in total. The Morgan fingerprint density at radius 3 is 2.36 bits per heavy atom. The number of hydrogen-bond acceptors (Lipinski definition) is 3. The molecule has 1 saturated carbocycles. The number of aliphatic carboxylic acids is 1. The summed E-state index contributed by atoms with van der Waals surface area (Å²) in [5.41, 5.74) is -0.576. The van der Waals surface area contributed by atoms with Gasteiger partial charge in [-0.2, -0.15) is 0 Å². The standard InChI is InChI=1S/C9H15NO4/c11-8(12)6-9(7-10(13)14)4-2-1-3-5-9/h1-7H2,(H,11,12). The van der Waals surface area contributed by atoms with Crippen LogP contribution in [0.25, 0.3) is 0 Å². The fourth-order valence-electron chi connectivity index (χ4n) is 2.29. The van der Waals surface area contributed by atoms with Crippen LogP contribution >= 0.6 is 0 Å². The quantitative estimate of drug-likeness (QED) is 0.554. The van der Waals surface area contributed by atoms with Gasteiger partial charge < -0.3 is 5.11 Å². The Kier molecular flexibility index (Phi) is 3.43. The zero-order valence-electron chi connectivity index (χ0n) is 8.07. The van der Waals surface area contributed by atoms with E-state index in [0.717, 1.165) is 19.3 Å². The van der Waals surface area contributed by atoms with Gasteiger partial charge >= 0.3 is 5.97 Å². The lowest BCUT2D eigenvalue weighted by Crippen LogP contribution is -2.34. The van der Waals surface area contributed by atoms with Crippen molar-refractivity contribution in [3.8, 4) is 0 Å². The van der Waals surface area contributed by atoms with E-state index in [2.05, 4.69) is 0 Å². The zero-order valence-corrected chi connectivity index (χ0v) is 8.07. The molecule has 0 atom stereocenters. The summed E-state index contributed by atoms with van der Waals surface area (Å²) in [6.07, 6.45) is 4.20. The zero-order chi connectivity index (χ0) is 10.6. The highest BCUT2D eigenvalue weighted by Crippen LogP contribution is 2.39. The van der Waals surface area contributed by atoms with E-state index in [1.54, 1.807) is 0 Å². The van der Waals surface area contributed by atoms with Crippen LogP contribution in [0.3, 0.4) is 0 Å². The van der Waals surface area contributed by atoms with Crippen LogP contribution in [-0.2, 0) is 4.79 Å². The van der Waals surface area contributed by atoms with Gasteiger partial charge in [0.2, 0.25) is 6.54 Å². The van der Waals surface area contributed by atoms with Crippen molar-refractivity contribution in [1.82, 2.24) is 0 Å². The van der Waals surface area contributed by atoms with Crippen LogP contribution in [0.5, 0.6) is 0 Å². The molecule has 0 aromatic carbocycles. The molecular weight excluding hydrogens is 186 g/mol. The van der Waals surface area contributed by atoms with Crippen molar-refractivity contribution in [3.63, 3.8) is 0 Å². The molecule has 1 aliphatic carbocycles. The summed E-state index contributed by atoms with van der Waals surface area (Å²) in [7, 11) is 0. The predicted octanol–water partition coefficient (Wildman–Crippen LogP) is 1.69. The Morgan fingerprint density at radius 2 is 1.93 bits per heavy atom. The maximum absolute atomic E-state index is 10.6. The van der Waals surface area contributed by atoms with Crippen LogP contribution in [0.4, 0.5) is 0 Å². The largest absolute Gasteiger partial charge is 0.481 e. The molecule has 0 amide bonds. The van der Waals surface area contributed by atoms with Gasteiger partial charge in [0, 0.05) is 10.3 Å². The molecule has 5 heteroatoms. The highest BCUT2D eigenvalue weighted by molar-refractivity contribution is 5.67. The third-order valence-electron chi connectivity index (χ3n) is 2.90. The molecule has 14 heavy (non-hydrogen) atoms. The average molecular weight is 201 g/mol. The van der Waals surface area contributed by atoms with Crippen molar-refractivity contribution < 1.29 is 14.8 Å². The lowest BCUT2D eigenvalue weighted by atomic mass is 9.72. The number of nitrogens with zero attached hydrogens (tertiary/aromatic N) is 1. The van der Waals surface area contributed by atoms with E-state index in [0.29, 0.717) is 12.8 Å². The number of hydrogen-bond donors (Lipinski definition) is 1. The lowest BCUT2D eigenvalue weighted by Gasteiger charge is -2.31. The van der Waals surface area contributed by atoms with Crippen LogP contribution < -0.4 is 0 Å². The highest BCUT2D eigenvalue weighted by atomic mass is 16.6. The number of carboxylic acid groups (broad SMARTS) is 1. The molecule has 1 rings (SSSR count). The van der Waals surface area contributed by atoms with E-state index in [1.807, 2.05) is 0 Å². The number of nitro groups is 1. The lowest BCUT2D eigenvalue weighted by molar-refractivity contribution is -0.498. The van der Waals surface area contributed by atoms with Crippen LogP contribution in [-0.4, -0.2) is 22.5 Å². The third kappa shape index (κ3) is 2.97. The SMILES string of the molecule is O=C(O)CC1(C[N+](=O)[O-])CCCCC1. The first-order chi connectivity index (χ1) is 6.54. The smallest absolute Gasteiger partial charge is 0.304 e. The molecule has 0 unspecified atom stereocenters. The fraction of sp³-hybridized carbons (Fsp3) is 0.889. The molecule has 0 aromatic heterocycles. The van der Waals surface area contributed by atoms with Gasteiger partial charge in [-0.25, -0.2) is 0 Å². The van der Waals surface area contributed by atoms with Gasteiger partial charge in [0.05, 0.1) is 6.42 Å².